The molecule has 0 atom stereocenters. The Labute approximate surface area is 125 Å². The van der Waals surface area contributed by atoms with Crippen molar-refractivity contribution in [2.45, 2.75) is 18.4 Å². The molecule has 108 valence electrons. The number of sulfonamides is 1. The van der Waals surface area contributed by atoms with E-state index in [2.05, 4.69) is 4.72 Å². The van der Waals surface area contributed by atoms with Gasteiger partial charge in [-0.25, -0.2) is 17.5 Å². The Balaban J connectivity index is 2.29. The van der Waals surface area contributed by atoms with Gasteiger partial charge in [-0.05, 0) is 36.1 Å². The number of benzene rings is 1. The number of anilines is 1. The van der Waals surface area contributed by atoms with Crippen molar-refractivity contribution in [1.82, 2.24) is 4.72 Å². The maximum absolute atomic E-state index is 13.8. The number of hydrogen-bond acceptors (Lipinski definition) is 4. The zero-order valence-corrected chi connectivity index (χ0v) is 12.9. The number of rotatable bonds is 4. The molecule has 0 aliphatic rings. The van der Waals surface area contributed by atoms with Crippen LogP contribution in [0.4, 0.5) is 10.1 Å². The van der Waals surface area contributed by atoms with Crippen molar-refractivity contribution in [3.05, 3.63) is 44.9 Å². The summed E-state index contributed by atoms with van der Waals surface area (Å²) in [6.07, 6.45) is 0. The van der Waals surface area contributed by atoms with E-state index < -0.39 is 20.7 Å². The molecule has 0 amide bonds. The van der Waals surface area contributed by atoms with E-state index in [1.165, 1.54) is 17.4 Å². The minimum absolute atomic E-state index is 0.0663. The van der Waals surface area contributed by atoms with Crippen molar-refractivity contribution in [3.63, 3.8) is 0 Å². The molecular formula is C12H12ClFN2O2S2. The minimum Gasteiger partial charge on any atom is -0.396 e. The third kappa shape index (κ3) is 3.12. The molecule has 0 aliphatic carbocycles. The Morgan fingerprint density at radius 2 is 2.15 bits per heavy atom. The van der Waals surface area contributed by atoms with Crippen LogP contribution in [0.5, 0.6) is 0 Å². The Bertz CT molecular complexity index is 744. The Morgan fingerprint density at radius 3 is 2.75 bits per heavy atom. The smallest absolute Gasteiger partial charge is 0.243 e. The number of nitrogens with one attached hydrogen (secondary N) is 1. The van der Waals surface area contributed by atoms with Gasteiger partial charge in [0.1, 0.15) is 4.90 Å². The van der Waals surface area contributed by atoms with Crippen molar-refractivity contribution in [2.75, 3.05) is 5.73 Å². The van der Waals surface area contributed by atoms with Gasteiger partial charge in [-0.15, -0.1) is 11.3 Å². The summed E-state index contributed by atoms with van der Waals surface area (Å²) in [5.74, 6) is -0.996. The molecule has 0 saturated heterocycles. The molecule has 0 unspecified atom stereocenters. The summed E-state index contributed by atoms with van der Waals surface area (Å²) >= 11 is 7.14. The lowest BCUT2D eigenvalue weighted by atomic mass is 10.3. The molecule has 1 aromatic carbocycles. The second-order valence-corrected chi connectivity index (χ2v) is 7.33. The first-order valence-electron chi connectivity index (χ1n) is 5.58. The molecule has 1 aromatic heterocycles. The molecule has 2 aromatic rings. The average Bonchev–Trinajstić information content (AvgIpc) is 2.77. The maximum Gasteiger partial charge on any atom is 0.243 e. The van der Waals surface area contributed by atoms with E-state index in [-0.39, 0.29) is 17.3 Å². The molecule has 0 spiro atoms. The van der Waals surface area contributed by atoms with E-state index in [1.54, 1.807) is 0 Å². The van der Waals surface area contributed by atoms with Crippen molar-refractivity contribution in [3.8, 4) is 0 Å². The van der Waals surface area contributed by atoms with E-state index in [0.717, 1.165) is 16.5 Å². The first kappa shape index (κ1) is 15.2. The Kier molecular flexibility index (Phi) is 4.33. The SMILES string of the molecule is Cc1ccsc1CNS(=O)(=O)c1cc(Cl)cc(N)c1F. The van der Waals surface area contributed by atoms with Gasteiger partial charge >= 0.3 is 0 Å². The quantitative estimate of drug-likeness (QED) is 0.844. The van der Waals surface area contributed by atoms with Crippen LogP contribution in [0.15, 0.2) is 28.5 Å². The highest BCUT2D eigenvalue weighted by molar-refractivity contribution is 7.89. The Hall–Kier alpha value is -1.15. The molecule has 3 N–H and O–H groups in total. The molecule has 0 fully saturated rings. The van der Waals surface area contributed by atoms with Crippen LogP contribution in [0.1, 0.15) is 10.4 Å². The highest BCUT2D eigenvalue weighted by Crippen LogP contribution is 2.25. The molecule has 0 bridgehead atoms. The second kappa shape index (κ2) is 5.69. The van der Waals surface area contributed by atoms with Crippen LogP contribution in [0.2, 0.25) is 5.02 Å². The van der Waals surface area contributed by atoms with Gasteiger partial charge in [0.25, 0.3) is 0 Å². The van der Waals surface area contributed by atoms with Crippen molar-refractivity contribution >= 4 is 38.6 Å². The maximum atomic E-state index is 13.8. The first-order valence-corrected chi connectivity index (χ1v) is 8.32. The summed E-state index contributed by atoms with van der Waals surface area (Å²) in [6.45, 7) is 1.97. The third-order valence-corrected chi connectivity index (χ3v) is 5.35. The number of thiophene rings is 1. The zero-order chi connectivity index (χ0) is 14.9. The van der Waals surface area contributed by atoms with E-state index in [4.69, 9.17) is 17.3 Å². The summed E-state index contributed by atoms with van der Waals surface area (Å²) in [6, 6.07) is 4.09. The number of halogens is 2. The van der Waals surface area contributed by atoms with Crippen molar-refractivity contribution in [1.29, 1.82) is 0 Å². The van der Waals surface area contributed by atoms with Crippen LogP contribution in [-0.4, -0.2) is 8.42 Å². The van der Waals surface area contributed by atoms with Crippen LogP contribution in [0.25, 0.3) is 0 Å². The summed E-state index contributed by atoms with van der Waals surface area (Å²) < 4.78 is 40.4. The predicted octanol–water partition coefficient (Wildman–Crippen LogP) is 2.91. The molecule has 20 heavy (non-hydrogen) atoms. The zero-order valence-electron chi connectivity index (χ0n) is 10.5. The predicted molar refractivity (Wildman–Crippen MR) is 78.9 cm³/mol. The molecule has 4 nitrogen and oxygen atoms in total. The normalized spacial score (nSPS) is 11.8. The number of aryl methyl sites for hydroxylation is 1. The number of nitrogen functional groups attached to an aromatic ring is 1. The molecule has 0 aliphatic heterocycles. The van der Waals surface area contributed by atoms with Gasteiger partial charge in [0.15, 0.2) is 5.82 Å². The fourth-order valence-electron chi connectivity index (χ4n) is 1.60. The summed E-state index contributed by atoms with van der Waals surface area (Å²) in [4.78, 5) is 0.320. The van der Waals surface area contributed by atoms with Crippen LogP contribution >= 0.6 is 22.9 Å². The fraction of sp³-hybridized carbons (Fsp3) is 0.167. The van der Waals surface area contributed by atoms with Crippen LogP contribution in [0.3, 0.4) is 0 Å². The van der Waals surface area contributed by atoms with Gasteiger partial charge in [0, 0.05) is 16.4 Å². The summed E-state index contributed by atoms with van der Waals surface area (Å²) in [7, 11) is -4.01. The van der Waals surface area contributed by atoms with Gasteiger partial charge in [0.05, 0.1) is 5.69 Å². The fourth-order valence-corrected chi connectivity index (χ4v) is 3.96. The minimum atomic E-state index is -4.01. The molecule has 1 heterocycles. The van der Waals surface area contributed by atoms with Crippen molar-refractivity contribution < 1.29 is 12.8 Å². The van der Waals surface area contributed by atoms with E-state index in [1.807, 2.05) is 18.4 Å². The average molecular weight is 335 g/mol. The molecule has 2 rings (SSSR count). The van der Waals surface area contributed by atoms with Gasteiger partial charge in [-0.1, -0.05) is 11.6 Å². The summed E-state index contributed by atoms with van der Waals surface area (Å²) in [5.41, 5.74) is 6.06. The topological polar surface area (TPSA) is 72.2 Å². The highest BCUT2D eigenvalue weighted by Gasteiger charge is 2.22. The lowest BCUT2D eigenvalue weighted by Crippen LogP contribution is -2.24. The van der Waals surface area contributed by atoms with Crippen LogP contribution < -0.4 is 10.5 Å². The lowest BCUT2D eigenvalue weighted by molar-refractivity contribution is 0.559. The number of nitrogens with two attached hydrogens (primary N) is 1. The molecule has 0 radical (unpaired) electrons. The third-order valence-electron chi connectivity index (χ3n) is 2.71. The first-order chi connectivity index (χ1) is 9.31. The highest BCUT2D eigenvalue weighted by atomic mass is 35.5. The molecule has 8 heteroatoms. The van der Waals surface area contributed by atoms with E-state index in [0.29, 0.717) is 0 Å². The standard InChI is InChI=1S/C12H12ClFN2O2S2/c1-7-2-3-19-10(7)6-16-20(17,18)11-5-8(13)4-9(15)12(11)14/h2-5,16H,6,15H2,1H3. The monoisotopic (exact) mass is 334 g/mol. The van der Waals surface area contributed by atoms with Gasteiger partial charge in [-0.3, -0.25) is 0 Å². The van der Waals surface area contributed by atoms with Crippen molar-refractivity contribution in [2.24, 2.45) is 0 Å². The van der Waals surface area contributed by atoms with E-state index >= 15 is 0 Å². The lowest BCUT2D eigenvalue weighted by Gasteiger charge is -2.09. The van der Waals surface area contributed by atoms with Gasteiger partial charge < -0.3 is 5.73 Å². The second-order valence-electron chi connectivity index (χ2n) is 4.16. The summed E-state index contributed by atoms with van der Waals surface area (Å²) in [5, 5.41) is 1.92. The van der Waals surface area contributed by atoms with Crippen LogP contribution in [0, 0.1) is 12.7 Å². The van der Waals surface area contributed by atoms with Gasteiger partial charge in [0.2, 0.25) is 10.0 Å². The molecular weight excluding hydrogens is 323 g/mol. The Morgan fingerprint density at radius 1 is 1.45 bits per heavy atom. The largest absolute Gasteiger partial charge is 0.396 e. The van der Waals surface area contributed by atoms with Crippen LogP contribution in [-0.2, 0) is 16.6 Å². The number of hydrogen-bond donors (Lipinski definition) is 2. The molecule has 0 saturated carbocycles. The van der Waals surface area contributed by atoms with E-state index in [9.17, 15) is 12.8 Å². The van der Waals surface area contributed by atoms with Gasteiger partial charge in [-0.2, -0.15) is 0 Å².